The number of nitrogens with zero attached hydrogens (tertiary/aromatic N) is 5. The van der Waals surface area contributed by atoms with Gasteiger partial charge in [0.05, 0.1) is 17.6 Å². The number of nitrogens with one attached hydrogen (secondary N) is 1. The summed E-state index contributed by atoms with van der Waals surface area (Å²) in [7, 11) is 3.48. The third kappa shape index (κ3) is 6.51. The quantitative estimate of drug-likeness (QED) is 0.149. The number of hydrogen-bond acceptors (Lipinski definition) is 7. The predicted molar refractivity (Wildman–Crippen MR) is 187 cm³/mol. The van der Waals surface area contributed by atoms with E-state index in [4.69, 9.17) is 26.4 Å². The van der Waals surface area contributed by atoms with Crippen LogP contribution in [0.15, 0.2) is 66.9 Å². The number of thiocarbonyl (C=S) groups is 1. The molecule has 2 aliphatic rings. The van der Waals surface area contributed by atoms with E-state index in [1.54, 1.807) is 25.2 Å². The monoisotopic (exact) mass is 702 g/mol. The highest BCUT2D eigenvalue weighted by atomic mass is 32.1. The normalized spacial score (nSPS) is 14.2. The smallest absolute Gasteiger partial charge is 0.270 e. The zero-order valence-corrected chi connectivity index (χ0v) is 28.3. The molecule has 14 heteroatoms. The summed E-state index contributed by atoms with van der Waals surface area (Å²) >= 11 is 5.32. The van der Waals surface area contributed by atoms with Crippen LogP contribution in [0.3, 0.4) is 0 Å². The molecule has 0 radical (unpaired) electrons. The first-order chi connectivity index (χ1) is 24.0. The molecule has 7 rings (SSSR count). The van der Waals surface area contributed by atoms with Crippen molar-refractivity contribution in [1.82, 2.24) is 19.4 Å². The Bertz CT molecular complexity index is 2120. The van der Waals surface area contributed by atoms with Gasteiger partial charge in [0.15, 0.2) is 28.2 Å². The Morgan fingerprint density at radius 2 is 1.76 bits per heavy atom. The van der Waals surface area contributed by atoms with Gasteiger partial charge in [-0.15, -0.1) is 0 Å². The molecule has 1 N–H and O–H groups in total. The number of halogens is 3. The number of ether oxygens (including phenoxy) is 3. The first-order valence-corrected chi connectivity index (χ1v) is 16.3. The minimum absolute atomic E-state index is 0.00466. The second kappa shape index (κ2) is 13.5. The van der Waals surface area contributed by atoms with Crippen LogP contribution in [-0.2, 0) is 13.6 Å². The average Bonchev–Trinajstić information content (AvgIpc) is 3.73. The summed E-state index contributed by atoms with van der Waals surface area (Å²) in [5.74, 6) is -1.04. The Labute approximate surface area is 291 Å². The number of carbonyl (C=O) groups excluding carboxylic acids is 1. The van der Waals surface area contributed by atoms with Crippen molar-refractivity contribution in [3.05, 3.63) is 101 Å². The third-order valence-electron chi connectivity index (χ3n) is 9.00. The van der Waals surface area contributed by atoms with E-state index >= 15 is 0 Å². The molecule has 0 unspecified atom stereocenters. The van der Waals surface area contributed by atoms with Crippen molar-refractivity contribution in [2.24, 2.45) is 7.05 Å². The van der Waals surface area contributed by atoms with Crippen LogP contribution in [0.2, 0.25) is 0 Å². The zero-order chi connectivity index (χ0) is 35.1. The number of amides is 1. The van der Waals surface area contributed by atoms with E-state index < -0.39 is 28.7 Å². The van der Waals surface area contributed by atoms with Crippen molar-refractivity contribution in [2.75, 3.05) is 50.2 Å². The summed E-state index contributed by atoms with van der Waals surface area (Å²) in [5, 5.41) is 3.40. The van der Waals surface area contributed by atoms with E-state index in [1.807, 2.05) is 52.9 Å². The number of piperazine rings is 1. The number of rotatable bonds is 7. The number of benzene rings is 3. The largest absolute Gasteiger partial charge is 0.454 e. The van der Waals surface area contributed by atoms with Crippen LogP contribution >= 0.6 is 12.2 Å². The highest BCUT2D eigenvalue weighted by Gasteiger charge is 2.25. The number of fused-ring (bicyclic) bond motifs is 2. The van der Waals surface area contributed by atoms with Gasteiger partial charge in [0.25, 0.3) is 5.91 Å². The molecule has 258 valence electrons. The van der Waals surface area contributed by atoms with Crippen molar-refractivity contribution >= 4 is 45.5 Å². The molecule has 0 saturated carbocycles. The van der Waals surface area contributed by atoms with Crippen LogP contribution < -0.4 is 24.4 Å². The fraction of sp³-hybridized carbons (Fsp3) is 0.250. The Morgan fingerprint density at radius 1 is 0.980 bits per heavy atom. The maximum absolute atomic E-state index is 14.3. The van der Waals surface area contributed by atoms with Gasteiger partial charge in [-0.1, -0.05) is 6.07 Å². The zero-order valence-electron chi connectivity index (χ0n) is 27.5. The highest BCUT2D eigenvalue weighted by Crippen LogP contribution is 2.33. The minimum Gasteiger partial charge on any atom is -0.454 e. The second-order valence-electron chi connectivity index (χ2n) is 12.2. The molecule has 0 aliphatic carbocycles. The number of aromatic nitrogens is 2. The predicted octanol–water partition coefficient (Wildman–Crippen LogP) is 6.61. The molecule has 2 aliphatic heterocycles. The van der Waals surface area contributed by atoms with Crippen LogP contribution in [0.25, 0.3) is 10.9 Å². The summed E-state index contributed by atoms with van der Waals surface area (Å²) < 4.78 is 61.1. The Balaban J connectivity index is 0.965. The second-order valence-corrected chi connectivity index (χ2v) is 12.6. The molecule has 1 fully saturated rings. The molecular formula is C36H33F3N6O4S. The molecule has 0 atom stereocenters. The van der Waals surface area contributed by atoms with E-state index in [1.165, 1.54) is 11.1 Å². The van der Waals surface area contributed by atoms with Crippen LogP contribution in [0.5, 0.6) is 23.1 Å². The molecule has 1 amide bonds. The summed E-state index contributed by atoms with van der Waals surface area (Å²) in [6.45, 7) is 4.94. The average molecular weight is 703 g/mol. The van der Waals surface area contributed by atoms with Crippen LogP contribution in [0, 0.1) is 24.4 Å². The van der Waals surface area contributed by atoms with Gasteiger partial charge in [0.1, 0.15) is 17.3 Å². The molecule has 0 spiro atoms. The molecular weight excluding hydrogens is 669 g/mol. The van der Waals surface area contributed by atoms with Gasteiger partial charge in [0.2, 0.25) is 12.7 Å². The molecule has 2 aromatic heterocycles. The number of aryl methyl sites for hydroxylation is 1. The van der Waals surface area contributed by atoms with Gasteiger partial charge in [-0.05, 0) is 67.2 Å². The highest BCUT2D eigenvalue weighted by molar-refractivity contribution is 7.80. The van der Waals surface area contributed by atoms with Crippen LogP contribution in [0.4, 0.5) is 24.5 Å². The lowest BCUT2D eigenvalue weighted by molar-refractivity contribution is 0.0619. The minimum atomic E-state index is -1.28. The van der Waals surface area contributed by atoms with Crippen molar-refractivity contribution in [2.45, 2.75) is 13.5 Å². The molecule has 10 nitrogen and oxygen atoms in total. The molecule has 50 heavy (non-hydrogen) atoms. The van der Waals surface area contributed by atoms with Gasteiger partial charge >= 0.3 is 0 Å². The fourth-order valence-electron chi connectivity index (χ4n) is 6.01. The third-order valence-corrected chi connectivity index (χ3v) is 9.38. The van der Waals surface area contributed by atoms with E-state index in [0.717, 1.165) is 60.6 Å². The van der Waals surface area contributed by atoms with Gasteiger partial charge in [0, 0.05) is 75.4 Å². The maximum atomic E-state index is 14.3. The fourth-order valence-corrected chi connectivity index (χ4v) is 6.23. The molecule has 4 heterocycles. The maximum Gasteiger partial charge on any atom is 0.270 e. The first kappa shape index (κ1) is 33.2. The summed E-state index contributed by atoms with van der Waals surface area (Å²) in [5.41, 5.74) is 2.33. The summed E-state index contributed by atoms with van der Waals surface area (Å²) in [6, 6.07) is 17.6. The lowest BCUT2D eigenvalue weighted by atomic mass is 10.1. The van der Waals surface area contributed by atoms with Crippen molar-refractivity contribution in [1.29, 1.82) is 0 Å². The Kier molecular flexibility index (Phi) is 8.97. The first-order valence-electron chi connectivity index (χ1n) is 15.9. The summed E-state index contributed by atoms with van der Waals surface area (Å²) in [4.78, 5) is 23.7. The number of hydrogen-bond donors (Lipinski definition) is 1. The lowest BCUT2D eigenvalue weighted by Gasteiger charge is -2.34. The topological polar surface area (TPSA) is 84.3 Å². The molecule has 1 saturated heterocycles. The van der Waals surface area contributed by atoms with Crippen molar-refractivity contribution < 1.29 is 32.2 Å². The van der Waals surface area contributed by atoms with Crippen LogP contribution in [-0.4, -0.2) is 70.4 Å². The molecule has 3 aromatic carbocycles. The molecule has 5 aromatic rings. The van der Waals surface area contributed by atoms with E-state index in [9.17, 15) is 18.0 Å². The van der Waals surface area contributed by atoms with E-state index in [0.29, 0.717) is 36.1 Å². The number of carbonyl (C=O) groups is 1. The standard InChI is InChI=1S/C36H33F3N6O4S/c1-21-26(37)17-27(34(39)33(21)38)41-36(50)42(2)24-5-9-32(40-18-24)49-25-6-7-28-23(15-25)16-29(43(28)3)35(46)45-12-10-44(11-13-45)19-22-4-8-30-31(14-22)48-20-47-30/h4-9,14-18H,10-13,19-20H2,1-3H3,(H,41,50). The van der Waals surface area contributed by atoms with Crippen molar-refractivity contribution in [3.8, 4) is 23.1 Å². The SMILES string of the molecule is Cc1c(F)cc(NC(=S)N(C)c2ccc(Oc3ccc4c(c3)cc(C(=O)N3CCN(Cc5ccc6c(c5)OCO6)CC3)n4C)nc2)c(F)c1F. The Morgan fingerprint density at radius 3 is 2.52 bits per heavy atom. The molecule has 0 bridgehead atoms. The van der Waals surface area contributed by atoms with Crippen LogP contribution in [0.1, 0.15) is 21.6 Å². The number of anilines is 2. The van der Waals surface area contributed by atoms with Crippen molar-refractivity contribution in [3.63, 3.8) is 0 Å². The van der Waals surface area contributed by atoms with Gasteiger partial charge in [-0.25, -0.2) is 18.2 Å². The lowest BCUT2D eigenvalue weighted by Crippen LogP contribution is -2.48. The van der Waals surface area contributed by atoms with E-state index in [-0.39, 0.29) is 17.8 Å². The summed E-state index contributed by atoms with van der Waals surface area (Å²) in [6.07, 6.45) is 1.50. The number of pyridine rings is 1. The Hall–Kier alpha value is -5.34. The van der Waals surface area contributed by atoms with Gasteiger partial charge < -0.3 is 33.9 Å². The van der Waals surface area contributed by atoms with E-state index in [2.05, 4.69) is 15.2 Å². The van der Waals surface area contributed by atoms with Gasteiger partial charge in [-0.3, -0.25) is 9.69 Å². The van der Waals surface area contributed by atoms with Gasteiger partial charge in [-0.2, -0.15) is 0 Å².